The Bertz CT molecular complexity index is 432. The monoisotopic (exact) mass is 262 g/mol. The van der Waals surface area contributed by atoms with Gasteiger partial charge in [0, 0.05) is 0 Å². The van der Waals surface area contributed by atoms with Crippen LogP contribution in [0, 0.1) is 0 Å². The quantitative estimate of drug-likeness (QED) is 0.607. The maximum Gasteiger partial charge on any atom is 0.172 e. The molecule has 19 heavy (non-hydrogen) atoms. The Morgan fingerprint density at radius 1 is 1.16 bits per heavy atom. The van der Waals surface area contributed by atoms with Crippen LogP contribution in [0.5, 0.6) is 11.5 Å². The van der Waals surface area contributed by atoms with Crippen molar-refractivity contribution in [3.8, 4) is 11.5 Å². The highest BCUT2D eigenvalue weighted by Gasteiger charge is 2.20. The minimum absolute atomic E-state index is 0.0162. The number of ketones is 1. The average Bonchev–Trinajstić information content (AvgIpc) is 2.67. The van der Waals surface area contributed by atoms with E-state index in [9.17, 15) is 4.79 Å². The molecule has 1 saturated carbocycles. The van der Waals surface area contributed by atoms with Crippen LogP contribution in [0.25, 0.3) is 0 Å². The summed E-state index contributed by atoms with van der Waals surface area (Å²) in [6.07, 6.45) is 7.31. The first-order valence-corrected chi connectivity index (χ1v) is 7.07. The van der Waals surface area contributed by atoms with E-state index in [1.165, 1.54) is 25.7 Å². The van der Waals surface area contributed by atoms with E-state index in [-0.39, 0.29) is 11.9 Å². The lowest BCUT2D eigenvalue weighted by atomic mass is 10.1. The molecule has 0 radical (unpaired) electrons. The Labute approximate surface area is 114 Å². The Balaban J connectivity index is 2.23. The summed E-state index contributed by atoms with van der Waals surface area (Å²) in [5.41, 5.74) is 0.614. The molecule has 0 heterocycles. The fourth-order valence-corrected chi connectivity index (χ4v) is 2.60. The fourth-order valence-electron chi connectivity index (χ4n) is 2.60. The van der Waals surface area contributed by atoms with Gasteiger partial charge in [-0.05, 0) is 44.7 Å². The van der Waals surface area contributed by atoms with Gasteiger partial charge in [-0.2, -0.15) is 0 Å². The molecule has 2 rings (SSSR count). The first-order valence-electron chi connectivity index (χ1n) is 7.07. The standard InChI is InChI=1S/C16H22O3/c1-12(17)14-10-7-11-15(18-2)16(14)19-13-8-5-3-4-6-9-13/h7,10-11,13H,3-6,8-9H2,1-2H3. The van der Waals surface area contributed by atoms with Gasteiger partial charge in [-0.1, -0.05) is 18.9 Å². The lowest BCUT2D eigenvalue weighted by Gasteiger charge is -2.20. The van der Waals surface area contributed by atoms with Crippen LogP contribution in [0.3, 0.4) is 0 Å². The van der Waals surface area contributed by atoms with Crippen molar-refractivity contribution in [1.29, 1.82) is 0 Å². The van der Waals surface area contributed by atoms with E-state index in [1.807, 2.05) is 12.1 Å². The summed E-state index contributed by atoms with van der Waals surface area (Å²) in [6.45, 7) is 1.56. The number of benzene rings is 1. The second kappa shape index (κ2) is 6.60. The van der Waals surface area contributed by atoms with Crippen LogP contribution in [0.15, 0.2) is 18.2 Å². The maximum absolute atomic E-state index is 11.7. The lowest BCUT2D eigenvalue weighted by molar-refractivity contribution is 0.100. The van der Waals surface area contributed by atoms with E-state index in [2.05, 4.69) is 0 Å². The molecule has 1 aromatic rings. The first-order chi connectivity index (χ1) is 9.22. The smallest absolute Gasteiger partial charge is 0.172 e. The van der Waals surface area contributed by atoms with Gasteiger partial charge in [0.25, 0.3) is 0 Å². The topological polar surface area (TPSA) is 35.5 Å². The highest BCUT2D eigenvalue weighted by molar-refractivity contribution is 5.97. The molecule has 3 heteroatoms. The molecule has 0 unspecified atom stereocenters. The molecule has 1 fully saturated rings. The number of methoxy groups -OCH3 is 1. The van der Waals surface area contributed by atoms with Crippen LogP contribution in [0.2, 0.25) is 0 Å². The summed E-state index contributed by atoms with van der Waals surface area (Å²) < 4.78 is 11.4. The van der Waals surface area contributed by atoms with E-state index < -0.39 is 0 Å². The second-order valence-electron chi connectivity index (χ2n) is 5.12. The SMILES string of the molecule is COc1cccc(C(C)=O)c1OC1CCCCCC1. The second-order valence-corrected chi connectivity index (χ2v) is 5.12. The van der Waals surface area contributed by atoms with Gasteiger partial charge in [-0.15, -0.1) is 0 Å². The van der Waals surface area contributed by atoms with Crippen molar-refractivity contribution in [3.63, 3.8) is 0 Å². The Morgan fingerprint density at radius 2 is 1.84 bits per heavy atom. The molecular weight excluding hydrogens is 240 g/mol. The largest absolute Gasteiger partial charge is 0.493 e. The number of ether oxygens (including phenoxy) is 2. The lowest BCUT2D eigenvalue weighted by Crippen LogP contribution is -2.17. The molecule has 0 spiro atoms. The van der Waals surface area contributed by atoms with Gasteiger partial charge in [-0.25, -0.2) is 0 Å². The molecular formula is C16H22O3. The predicted octanol–water partition coefficient (Wildman–Crippen LogP) is 4.00. The van der Waals surface area contributed by atoms with E-state index in [0.29, 0.717) is 17.1 Å². The number of carbonyl (C=O) groups is 1. The molecule has 0 saturated heterocycles. The van der Waals surface area contributed by atoms with Crippen molar-refractivity contribution in [2.24, 2.45) is 0 Å². The van der Waals surface area contributed by atoms with Crippen molar-refractivity contribution in [2.45, 2.75) is 51.6 Å². The third kappa shape index (κ3) is 3.49. The van der Waals surface area contributed by atoms with Crippen molar-refractivity contribution < 1.29 is 14.3 Å². The summed E-state index contributed by atoms with van der Waals surface area (Å²) in [4.78, 5) is 11.7. The molecule has 1 aliphatic rings. The minimum Gasteiger partial charge on any atom is -0.493 e. The molecule has 0 amide bonds. The van der Waals surface area contributed by atoms with Crippen LogP contribution in [0.1, 0.15) is 55.8 Å². The highest BCUT2D eigenvalue weighted by Crippen LogP contribution is 2.34. The number of carbonyl (C=O) groups excluding carboxylic acids is 1. The summed E-state index contributed by atoms with van der Waals surface area (Å²) in [6, 6.07) is 5.48. The summed E-state index contributed by atoms with van der Waals surface area (Å²) in [5.74, 6) is 1.28. The number of rotatable bonds is 4. The zero-order chi connectivity index (χ0) is 13.7. The van der Waals surface area contributed by atoms with Gasteiger partial charge in [0.1, 0.15) is 0 Å². The molecule has 0 N–H and O–H groups in total. The maximum atomic E-state index is 11.7. The average molecular weight is 262 g/mol. The van der Waals surface area contributed by atoms with Crippen LogP contribution >= 0.6 is 0 Å². The fraction of sp³-hybridized carbons (Fsp3) is 0.562. The highest BCUT2D eigenvalue weighted by atomic mass is 16.5. The Hall–Kier alpha value is -1.51. The van der Waals surface area contributed by atoms with Gasteiger partial charge >= 0.3 is 0 Å². The van der Waals surface area contributed by atoms with E-state index in [0.717, 1.165) is 12.8 Å². The molecule has 104 valence electrons. The predicted molar refractivity (Wildman–Crippen MR) is 75.1 cm³/mol. The van der Waals surface area contributed by atoms with Crippen LogP contribution in [0.4, 0.5) is 0 Å². The van der Waals surface area contributed by atoms with E-state index in [4.69, 9.17) is 9.47 Å². The van der Waals surface area contributed by atoms with Gasteiger partial charge < -0.3 is 9.47 Å². The molecule has 3 nitrogen and oxygen atoms in total. The Morgan fingerprint density at radius 3 is 2.42 bits per heavy atom. The minimum atomic E-state index is 0.0162. The van der Waals surface area contributed by atoms with E-state index in [1.54, 1.807) is 20.1 Å². The van der Waals surface area contributed by atoms with E-state index >= 15 is 0 Å². The van der Waals surface area contributed by atoms with Gasteiger partial charge in [0.15, 0.2) is 17.3 Å². The summed E-state index contributed by atoms with van der Waals surface area (Å²) >= 11 is 0. The van der Waals surface area contributed by atoms with Gasteiger partial charge in [0.05, 0.1) is 18.8 Å². The van der Waals surface area contributed by atoms with Crippen molar-refractivity contribution in [2.75, 3.05) is 7.11 Å². The summed E-state index contributed by atoms with van der Waals surface area (Å²) in [7, 11) is 1.61. The van der Waals surface area contributed by atoms with Crippen LogP contribution < -0.4 is 9.47 Å². The van der Waals surface area contributed by atoms with Crippen molar-refractivity contribution in [3.05, 3.63) is 23.8 Å². The molecule has 0 aliphatic heterocycles. The van der Waals surface area contributed by atoms with Crippen molar-refractivity contribution in [1.82, 2.24) is 0 Å². The van der Waals surface area contributed by atoms with Crippen LogP contribution in [-0.2, 0) is 0 Å². The number of hydrogen-bond donors (Lipinski definition) is 0. The van der Waals surface area contributed by atoms with Gasteiger partial charge in [0.2, 0.25) is 0 Å². The molecule has 1 aliphatic carbocycles. The number of hydrogen-bond acceptors (Lipinski definition) is 3. The first kappa shape index (κ1) is 13.9. The molecule has 1 aromatic carbocycles. The Kier molecular flexibility index (Phi) is 4.83. The zero-order valence-electron chi connectivity index (χ0n) is 11.8. The van der Waals surface area contributed by atoms with Crippen molar-refractivity contribution >= 4 is 5.78 Å². The van der Waals surface area contributed by atoms with Crippen LogP contribution in [-0.4, -0.2) is 19.0 Å². The zero-order valence-corrected chi connectivity index (χ0v) is 11.8. The normalized spacial score (nSPS) is 16.7. The van der Waals surface area contributed by atoms with Gasteiger partial charge in [-0.3, -0.25) is 4.79 Å². The number of Topliss-reactive ketones (excluding diaryl/α,β-unsaturated/α-hetero) is 1. The summed E-state index contributed by atoms with van der Waals surface area (Å²) in [5, 5.41) is 0. The molecule has 0 aromatic heterocycles. The third-order valence-corrected chi connectivity index (χ3v) is 3.66. The number of para-hydroxylation sites is 1. The molecule has 0 atom stereocenters. The molecule has 0 bridgehead atoms. The third-order valence-electron chi connectivity index (χ3n) is 3.66.